The molecule has 0 spiro atoms. The van der Waals surface area contributed by atoms with Crippen LogP contribution in [0.25, 0.3) is 0 Å². The Kier molecular flexibility index (Phi) is 4.14. The number of ether oxygens (including phenoxy) is 1. The molecular formula is C15H29NO. The Morgan fingerprint density at radius 2 is 1.82 bits per heavy atom. The lowest BCUT2D eigenvalue weighted by Gasteiger charge is -2.44. The first-order chi connectivity index (χ1) is 7.98. The molecule has 2 atom stereocenters. The summed E-state index contributed by atoms with van der Waals surface area (Å²) in [5, 5.41) is 3.85. The summed E-state index contributed by atoms with van der Waals surface area (Å²) in [5.41, 5.74) is 0.526. The van der Waals surface area contributed by atoms with Gasteiger partial charge in [-0.05, 0) is 50.4 Å². The van der Waals surface area contributed by atoms with E-state index >= 15 is 0 Å². The smallest absolute Gasteiger partial charge is 0.0604 e. The zero-order valence-corrected chi connectivity index (χ0v) is 12.0. The van der Waals surface area contributed by atoms with Gasteiger partial charge in [0.2, 0.25) is 0 Å². The lowest BCUT2D eigenvalue weighted by atomic mass is 9.70. The largest absolute Gasteiger partial charge is 0.378 e. The maximum absolute atomic E-state index is 5.62. The Labute approximate surface area is 107 Å². The van der Waals surface area contributed by atoms with Crippen LogP contribution in [0.1, 0.15) is 59.8 Å². The molecule has 0 radical (unpaired) electrons. The van der Waals surface area contributed by atoms with Crippen molar-refractivity contribution in [1.29, 1.82) is 0 Å². The summed E-state index contributed by atoms with van der Waals surface area (Å²) >= 11 is 0. The number of rotatable bonds is 4. The molecule has 1 N–H and O–H groups in total. The average molecular weight is 239 g/mol. The molecule has 2 aliphatic carbocycles. The lowest BCUT2D eigenvalue weighted by Crippen LogP contribution is -2.52. The molecule has 0 aromatic rings. The highest BCUT2D eigenvalue weighted by atomic mass is 16.5. The Morgan fingerprint density at radius 3 is 2.41 bits per heavy atom. The zero-order chi connectivity index (χ0) is 12.5. The van der Waals surface area contributed by atoms with E-state index in [2.05, 4.69) is 33.0 Å². The molecular weight excluding hydrogens is 210 g/mol. The predicted molar refractivity (Wildman–Crippen MR) is 72.2 cm³/mol. The molecule has 2 heteroatoms. The fourth-order valence-corrected chi connectivity index (χ4v) is 3.88. The molecule has 2 nitrogen and oxygen atoms in total. The van der Waals surface area contributed by atoms with Gasteiger partial charge in [-0.1, -0.05) is 20.8 Å². The normalized spacial score (nSPS) is 40.9. The standard InChI is InChI=1S/C15H29NO/c1-5-17-14-7-12(8-14)16-13-6-11(2)9-15(3,4)10-13/h11-14,16H,5-10H2,1-4H3. The third kappa shape index (κ3) is 3.69. The SMILES string of the molecule is CCOC1CC(NC2CC(C)CC(C)(C)C2)C1. The molecule has 2 fully saturated rings. The second kappa shape index (κ2) is 5.27. The summed E-state index contributed by atoms with van der Waals surface area (Å²) < 4.78 is 5.62. The topological polar surface area (TPSA) is 21.3 Å². The van der Waals surface area contributed by atoms with Crippen molar-refractivity contribution < 1.29 is 4.74 Å². The van der Waals surface area contributed by atoms with Crippen LogP contribution in [-0.2, 0) is 4.74 Å². The first-order valence-corrected chi connectivity index (χ1v) is 7.36. The van der Waals surface area contributed by atoms with Gasteiger partial charge < -0.3 is 10.1 Å². The van der Waals surface area contributed by atoms with E-state index in [0.29, 0.717) is 11.5 Å². The van der Waals surface area contributed by atoms with Gasteiger partial charge in [-0.3, -0.25) is 0 Å². The third-order valence-corrected chi connectivity index (χ3v) is 4.36. The summed E-state index contributed by atoms with van der Waals surface area (Å²) in [5.74, 6) is 0.874. The predicted octanol–water partition coefficient (Wildman–Crippen LogP) is 3.36. The molecule has 0 aliphatic heterocycles. The molecule has 0 aromatic heterocycles. The van der Waals surface area contributed by atoms with Gasteiger partial charge in [0.25, 0.3) is 0 Å². The first kappa shape index (κ1) is 13.4. The highest BCUT2D eigenvalue weighted by Gasteiger charge is 2.36. The van der Waals surface area contributed by atoms with Crippen LogP contribution < -0.4 is 5.32 Å². The van der Waals surface area contributed by atoms with E-state index in [9.17, 15) is 0 Å². The monoisotopic (exact) mass is 239 g/mol. The maximum Gasteiger partial charge on any atom is 0.0604 e. The van der Waals surface area contributed by atoms with Crippen molar-refractivity contribution in [3.05, 3.63) is 0 Å². The molecule has 0 aromatic carbocycles. The highest BCUT2D eigenvalue weighted by molar-refractivity contribution is 4.92. The van der Waals surface area contributed by atoms with E-state index < -0.39 is 0 Å². The zero-order valence-electron chi connectivity index (χ0n) is 12.0. The molecule has 0 amide bonds. The van der Waals surface area contributed by atoms with Gasteiger partial charge in [0.15, 0.2) is 0 Å². The summed E-state index contributed by atoms with van der Waals surface area (Å²) in [6, 6.07) is 1.46. The quantitative estimate of drug-likeness (QED) is 0.812. The Bertz CT molecular complexity index is 245. The van der Waals surface area contributed by atoms with E-state index in [0.717, 1.165) is 24.6 Å². The van der Waals surface area contributed by atoms with Gasteiger partial charge in [0, 0.05) is 18.7 Å². The highest BCUT2D eigenvalue weighted by Crippen LogP contribution is 2.39. The molecule has 100 valence electrons. The van der Waals surface area contributed by atoms with Gasteiger partial charge in [-0.15, -0.1) is 0 Å². The van der Waals surface area contributed by atoms with Crippen LogP contribution in [0.2, 0.25) is 0 Å². The van der Waals surface area contributed by atoms with E-state index in [4.69, 9.17) is 4.74 Å². The lowest BCUT2D eigenvalue weighted by molar-refractivity contribution is -0.0163. The molecule has 2 unspecified atom stereocenters. The van der Waals surface area contributed by atoms with E-state index in [1.165, 1.54) is 32.1 Å². The first-order valence-electron chi connectivity index (χ1n) is 7.36. The van der Waals surface area contributed by atoms with Gasteiger partial charge in [-0.2, -0.15) is 0 Å². The maximum atomic E-state index is 5.62. The van der Waals surface area contributed by atoms with Gasteiger partial charge in [-0.25, -0.2) is 0 Å². The molecule has 0 bridgehead atoms. The molecule has 0 saturated heterocycles. The van der Waals surface area contributed by atoms with Crippen molar-refractivity contribution in [2.75, 3.05) is 6.61 Å². The average Bonchev–Trinajstić information content (AvgIpc) is 2.11. The Hall–Kier alpha value is -0.0800. The van der Waals surface area contributed by atoms with Crippen LogP contribution in [0.4, 0.5) is 0 Å². The van der Waals surface area contributed by atoms with Crippen molar-refractivity contribution in [3.8, 4) is 0 Å². The van der Waals surface area contributed by atoms with Crippen LogP contribution in [0.15, 0.2) is 0 Å². The second-order valence-electron chi connectivity index (χ2n) is 7.02. The summed E-state index contributed by atoms with van der Waals surface area (Å²) in [7, 11) is 0. The summed E-state index contributed by atoms with van der Waals surface area (Å²) in [6.07, 6.45) is 7.06. The van der Waals surface area contributed by atoms with Crippen molar-refractivity contribution in [1.82, 2.24) is 5.32 Å². The molecule has 2 aliphatic rings. The van der Waals surface area contributed by atoms with E-state index in [1.807, 2.05) is 0 Å². The van der Waals surface area contributed by atoms with Crippen LogP contribution in [0.3, 0.4) is 0 Å². The van der Waals surface area contributed by atoms with Crippen LogP contribution in [-0.4, -0.2) is 24.8 Å². The van der Waals surface area contributed by atoms with Crippen molar-refractivity contribution in [2.45, 2.75) is 78.0 Å². The molecule has 0 heterocycles. The molecule has 2 saturated carbocycles. The Morgan fingerprint density at radius 1 is 1.12 bits per heavy atom. The van der Waals surface area contributed by atoms with Crippen molar-refractivity contribution in [3.63, 3.8) is 0 Å². The minimum absolute atomic E-state index is 0.526. The van der Waals surface area contributed by atoms with Gasteiger partial charge >= 0.3 is 0 Å². The van der Waals surface area contributed by atoms with Crippen LogP contribution in [0.5, 0.6) is 0 Å². The number of nitrogens with one attached hydrogen (secondary N) is 1. The van der Waals surface area contributed by atoms with Crippen molar-refractivity contribution >= 4 is 0 Å². The number of hydrogen-bond acceptors (Lipinski definition) is 2. The van der Waals surface area contributed by atoms with Gasteiger partial charge in [0.05, 0.1) is 6.10 Å². The van der Waals surface area contributed by atoms with Gasteiger partial charge in [0.1, 0.15) is 0 Å². The van der Waals surface area contributed by atoms with Crippen LogP contribution >= 0.6 is 0 Å². The minimum atomic E-state index is 0.526. The Balaban J connectivity index is 1.73. The summed E-state index contributed by atoms with van der Waals surface area (Å²) in [6.45, 7) is 10.2. The third-order valence-electron chi connectivity index (χ3n) is 4.36. The van der Waals surface area contributed by atoms with E-state index in [1.54, 1.807) is 0 Å². The fourth-order valence-electron chi connectivity index (χ4n) is 3.88. The van der Waals surface area contributed by atoms with E-state index in [-0.39, 0.29) is 0 Å². The second-order valence-corrected chi connectivity index (χ2v) is 7.02. The fraction of sp³-hybridized carbons (Fsp3) is 1.00. The number of hydrogen-bond donors (Lipinski definition) is 1. The van der Waals surface area contributed by atoms with Crippen LogP contribution in [0, 0.1) is 11.3 Å². The summed E-state index contributed by atoms with van der Waals surface area (Å²) in [4.78, 5) is 0. The molecule has 17 heavy (non-hydrogen) atoms. The van der Waals surface area contributed by atoms with Crippen molar-refractivity contribution in [2.24, 2.45) is 11.3 Å². The molecule has 2 rings (SSSR count). The minimum Gasteiger partial charge on any atom is -0.378 e.